The van der Waals surface area contributed by atoms with Crippen LogP contribution >= 0.6 is 0 Å². The molecule has 0 amide bonds. The molecule has 1 aliphatic heterocycles. The summed E-state index contributed by atoms with van der Waals surface area (Å²) in [4.78, 5) is 15.5. The number of carbonyl (C=O) groups is 1. The van der Waals surface area contributed by atoms with Crippen LogP contribution in [-0.2, 0) is 20.8 Å². The van der Waals surface area contributed by atoms with Crippen LogP contribution in [0.25, 0.3) is 10.4 Å². The Morgan fingerprint density at radius 1 is 1.27 bits per heavy atom. The quantitative estimate of drug-likeness (QED) is 0.296. The maximum atomic E-state index is 12.7. The van der Waals surface area contributed by atoms with Crippen molar-refractivity contribution in [2.75, 3.05) is 7.11 Å². The van der Waals surface area contributed by atoms with E-state index in [9.17, 15) is 15.0 Å². The number of nitrogens with zero attached hydrogens (tertiary/aromatic N) is 3. The lowest BCUT2D eigenvalue weighted by molar-refractivity contribution is -0.322. The number of benzene rings is 2. The van der Waals surface area contributed by atoms with E-state index in [1.807, 2.05) is 30.3 Å². The molecule has 9 heteroatoms. The number of hydrogen-bond donors (Lipinski definition) is 2. The van der Waals surface area contributed by atoms with Gasteiger partial charge in [0.15, 0.2) is 5.78 Å². The molecule has 158 valence electrons. The number of Topliss-reactive ketones (excluding diaryl/α,β-unsaturated/α-hetero) is 1. The van der Waals surface area contributed by atoms with Gasteiger partial charge in [-0.3, -0.25) is 4.79 Å². The van der Waals surface area contributed by atoms with Crippen LogP contribution in [0.2, 0.25) is 0 Å². The Kier molecular flexibility index (Phi) is 7.17. The first-order valence-corrected chi connectivity index (χ1v) is 9.40. The van der Waals surface area contributed by atoms with Gasteiger partial charge in [-0.25, -0.2) is 0 Å². The lowest BCUT2D eigenvalue weighted by Crippen LogP contribution is -2.60. The van der Waals surface area contributed by atoms with Crippen molar-refractivity contribution < 1.29 is 29.2 Å². The number of ketones is 1. The van der Waals surface area contributed by atoms with Gasteiger partial charge in [-0.2, -0.15) is 0 Å². The second-order valence-electron chi connectivity index (χ2n) is 6.89. The monoisotopic (exact) mass is 413 g/mol. The lowest BCUT2D eigenvalue weighted by Gasteiger charge is -2.44. The van der Waals surface area contributed by atoms with Crippen LogP contribution in [0.1, 0.15) is 22.3 Å². The van der Waals surface area contributed by atoms with Gasteiger partial charge in [-0.05, 0) is 16.2 Å². The molecule has 1 fully saturated rings. The predicted octanol–water partition coefficient (Wildman–Crippen LogP) is 2.58. The zero-order chi connectivity index (χ0) is 21.6. The zero-order valence-electron chi connectivity index (χ0n) is 16.4. The highest BCUT2D eigenvalue weighted by molar-refractivity contribution is 5.99. The van der Waals surface area contributed by atoms with Gasteiger partial charge >= 0.3 is 0 Å². The fraction of sp³-hybridized carbons (Fsp3) is 0.381. The molecule has 2 N–H and O–H groups in total. The van der Waals surface area contributed by atoms with E-state index in [0.717, 1.165) is 5.56 Å². The van der Waals surface area contributed by atoms with E-state index in [0.29, 0.717) is 0 Å². The average Bonchev–Trinajstić information content (AvgIpc) is 2.79. The molecule has 1 aliphatic rings. The summed E-state index contributed by atoms with van der Waals surface area (Å²) in [6.07, 6.45) is -5.57. The van der Waals surface area contributed by atoms with E-state index in [1.54, 1.807) is 30.3 Å². The number of rotatable bonds is 8. The van der Waals surface area contributed by atoms with Crippen molar-refractivity contribution in [1.82, 2.24) is 0 Å². The van der Waals surface area contributed by atoms with Gasteiger partial charge in [0.25, 0.3) is 5.91 Å². The van der Waals surface area contributed by atoms with Gasteiger partial charge in [-0.1, -0.05) is 60.7 Å². The third kappa shape index (κ3) is 4.85. The number of ether oxygens (including phenoxy) is 3. The highest BCUT2D eigenvalue weighted by atomic mass is 16.7. The number of methoxy groups -OCH3 is 1. The van der Waals surface area contributed by atoms with Crippen molar-refractivity contribution in [3.63, 3.8) is 0 Å². The number of carbonyl (C=O) groups excluding carboxylic acids is 1. The van der Waals surface area contributed by atoms with Crippen LogP contribution in [0.4, 0.5) is 0 Å². The van der Waals surface area contributed by atoms with Gasteiger partial charge < -0.3 is 24.4 Å². The molecule has 2 aromatic carbocycles. The van der Waals surface area contributed by atoms with E-state index >= 15 is 0 Å². The largest absolute Gasteiger partial charge is 0.388 e. The second-order valence-corrected chi connectivity index (χ2v) is 6.89. The average molecular weight is 413 g/mol. The topological polar surface area (TPSA) is 134 Å². The van der Waals surface area contributed by atoms with Crippen LogP contribution in [-0.4, -0.2) is 53.4 Å². The van der Waals surface area contributed by atoms with Gasteiger partial charge in [0.05, 0.1) is 12.7 Å². The number of azide groups is 1. The molecule has 1 heterocycles. The Labute approximate surface area is 173 Å². The van der Waals surface area contributed by atoms with Crippen molar-refractivity contribution in [2.45, 2.75) is 43.4 Å². The first-order chi connectivity index (χ1) is 14.5. The summed E-state index contributed by atoms with van der Waals surface area (Å²) in [6.45, 7) is 0.161. The van der Waals surface area contributed by atoms with E-state index in [1.165, 1.54) is 7.11 Å². The summed E-state index contributed by atoms with van der Waals surface area (Å²) in [6, 6.07) is 17.4. The maximum absolute atomic E-state index is 12.7. The molecular weight excluding hydrogens is 390 g/mol. The molecule has 9 nitrogen and oxygen atoms in total. The van der Waals surface area contributed by atoms with Crippen molar-refractivity contribution >= 4 is 5.78 Å². The SMILES string of the molecule is CO[C@]1(N=[N+]=[N-])C[C@@H](OCc2ccccc2)[C@H](O)[C@@H](C(O)C(=O)c2ccccc2)O1. The Hall–Kier alpha value is -2.78. The Bertz CT molecular complexity index is 890. The number of aliphatic hydroxyl groups is 2. The molecule has 0 aromatic heterocycles. The summed E-state index contributed by atoms with van der Waals surface area (Å²) >= 11 is 0. The first kappa shape index (κ1) is 21.9. The molecule has 0 aliphatic carbocycles. The minimum absolute atomic E-state index is 0.121. The molecule has 30 heavy (non-hydrogen) atoms. The van der Waals surface area contributed by atoms with Crippen LogP contribution in [0.5, 0.6) is 0 Å². The maximum Gasteiger partial charge on any atom is 0.252 e. The number of aliphatic hydroxyl groups excluding tert-OH is 2. The van der Waals surface area contributed by atoms with Crippen molar-refractivity contribution in [2.24, 2.45) is 5.11 Å². The van der Waals surface area contributed by atoms with Crippen LogP contribution < -0.4 is 0 Å². The summed E-state index contributed by atoms with van der Waals surface area (Å²) in [5.74, 6) is -2.48. The highest BCUT2D eigenvalue weighted by Crippen LogP contribution is 2.35. The normalized spacial score (nSPS) is 27.1. The summed E-state index contributed by atoms with van der Waals surface area (Å²) in [7, 11) is 1.27. The third-order valence-corrected chi connectivity index (χ3v) is 4.96. The predicted molar refractivity (Wildman–Crippen MR) is 106 cm³/mol. The highest BCUT2D eigenvalue weighted by Gasteiger charge is 2.51. The van der Waals surface area contributed by atoms with Crippen LogP contribution in [0.3, 0.4) is 0 Å². The molecule has 0 saturated carbocycles. The second kappa shape index (κ2) is 9.82. The van der Waals surface area contributed by atoms with Gasteiger partial charge in [0.1, 0.15) is 18.3 Å². The van der Waals surface area contributed by atoms with Crippen molar-refractivity contribution in [1.29, 1.82) is 0 Å². The standard InChI is InChI=1S/C21H23N3O6/c1-28-21(23-24-22)12-16(29-13-14-8-4-2-5-9-14)18(26)20(30-21)19(27)17(25)15-10-6-3-7-11-15/h2-11,16,18-20,26-27H,12-13H2,1H3/t16-,18+,19?,20+,21-/m1/s1. The lowest BCUT2D eigenvalue weighted by atomic mass is 9.91. The minimum Gasteiger partial charge on any atom is -0.388 e. The minimum atomic E-state index is -1.84. The van der Waals surface area contributed by atoms with Crippen LogP contribution in [0, 0.1) is 0 Å². The Balaban J connectivity index is 1.84. The molecule has 0 bridgehead atoms. The van der Waals surface area contributed by atoms with Crippen LogP contribution in [0.15, 0.2) is 65.8 Å². The molecule has 2 aromatic rings. The molecular formula is C21H23N3O6. The van der Waals surface area contributed by atoms with Crippen molar-refractivity contribution in [3.05, 3.63) is 82.2 Å². The molecule has 0 radical (unpaired) electrons. The summed E-state index contributed by atoms with van der Waals surface area (Å²) < 4.78 is 16.7. The van der Waals surface area contributed by atoms with Gasteiger partial charge in [0.2, 0.25) is 0 Å². The van der Waals surface area contributed by atoms with E-state index in [2.05, 4.69) is 10.0 Å². The molecule has 0 spiro atoms. The van der Waals surface area contributed by atoms with Gasteiger partial charge in [0, 0.05) is 24.0 Å². The molecule has 5 atom stereocenters. The Morgan fingerprint density at radius 3 is 2.50 bits per heavy atom. The number of hydrogen-bond acceptors (Lipinski definition) is 7. The van der Waals surface area contributed by atoms with E-state index in [-0.39, 0.29) is 18.6 Å². The Morgan fingerprint density at radius 2 is 1.90 bits per heavy atom. The molecule has 3 rings (SSSR count). The molecule has 1 unspecified atom stereocenters. The third-order valence-electron chi connectivity index (χ3n) is 4.96. The smallest absolute Gasteiger partial charge is 0.252 e. The zero-order valence-corrected chi connectivity index (χ0v) is 16.4. The summed E-state index contributed by atoms with van der Waals surface area (Å²) in [5, 5.41) is 25.1. The molecule has 1 saturated heterocycles. The van der Waals surface area contributed by atoms with E-state index in [4.69, 9.17) is 19.7 Å². The fourth-order valence-corrected chi connectivity index (χ4v) is 3.33. The fourth-order valence-electron chi connectivity index (χ4n) is 3.33. The van der Waals surface area contributed by atoms with E-state index < -0.39 is 36.1 Å². The first-order valence-electron chi connectivity index (χ1n) is 9.40. The van der Waals surface area contributed by atoms with Gasteiger partial charge in [-0.15, -0.1) is 0 Å². The van der Waals surface area contributed by atoms with Crippen molar-refractivity contribution in [3.8, 4) is 0 Å². The summed E-state index contributed by atoms with van der Waals surface area (Å²) in [5.41, 5.74) is 10.1.